The van der Waals surface area contributed by atoms with E-state index in [4.69, 9.17) is 4.74 Å². The number of nitrogens with one attached hydrogen (secondary N) is 1. The maximum absolute atomic E-state index is 12.5. The molecule has 160 valence electrons. The molecule has 1 amide bonds. The zero-order chi connectivity index (χ0) is 22.5. The number of hydrogen-bond donors (Lipinski definition) is 1. The number of carbonyl (C=O) groups excluding carboxylic acids is 1. The predicted molar refractivity (Wildman–Crippen MR) is 112 cm³/mol. The van der Waals surface area contributed by atoms with Crippen molar-refractivity contribution < 1.29 is 14.5 Å². The number of ether oxygens (including phenoxy) is 1. The summed E-state index contributed by atoms with van der Waals surface area (Å²) < 4.78 is 5.80. The van der Waals surface area contributed by atoms with Crippen molar-refractivity contribution in [2.24, 2.45) is 10.3 Å². The summed E-state index contributed by atoms with van der Waals surface area (Å²) in [6.07, 6.45) is 1.46. The van der Waals surface area contributed by atoms with Crippen LogP contribution in [0.15, 0.2) is 71.3 Å². The Morgan fingerprint density at radius 1 is 1.16 bits per heavy atom. The molecule has 0 aliphatic heterocycles. The number of nitro groups is 1. The minimum atomic E-state index is -0.544. The monoisotopic (exact) mass is 432 g/mol. The number of aromatic nitrogens is 4. The van der Waals surface area contributed by atoms with Crippen LogP contribution in [0.1, 0.15) is 15.9 Å². The first kappa shape index (κ1) is 20.5. The fourth-order valence-electron chi connectivity index (χ4n) is 2.73. The molecule has 2 aromatic heterocycles. The second-order valence-electron chi connectivity index (χ2n) is 6.53. The summed E-state index contributed by atoms with van der Waals surface area (Å²) in [5.41, 5.74) is 1.90. The van der Waals surface area contributed by atoms with Crippen molar-refractivity contribution in [3.05, 3.63) is 82.2 Å². The number of nitro benzene ring substituents is 1. The molecule has 0 atom stereocenters. The number of benzene rings is 2. The van der Waals surface area contributed by atoms with Crippen molar-refractivity contribution in [1.82, 2.24) is 24.9 Å². The molecule has 4 rings (SSSR count). The number of nitrogens with zero attached hydrogens (tertiary/aromatic N) is 7. The quantitative estimate of drug-likeness (QED) is 0.266. The Kier molecular flexibility index (Phi) is 5.74. The van der Waals surface area contributed by atoms with E-state index in [2.05, 4.69) is 30.3 Å². The number of fused-ring (bicyclic) bond motifs is 1. The number of rotatable bonds is 7. The molecule has 0 radical (unpaired) electrons. The van der Waals surface area contributed by atoms with Gasteiger partial charge in [0.25, 0.3) is 17.5 Å². The predicted octanol–water partition coefficient (Wildman–Crippen LogP) is 3.61. The van der Waals surface area contributed by atoms with Gasteiger partial charge < -0.3 is 9.72 Å². The van der Waals surface area contributed by atoms with Crippen molar-refractivity contribution in [2.75, 3.05) is 7.05 Å². The van der Waals surface area contributed by atoms with Crippen LogP contribution in [0, 0.1) is 10.1 Å². The van der Waals surface area contributed by atoms with Crippen molar-refractivity contribution in [2.45, 2.75) is 6.61 Å². The molecule has 12 heteroatoms. The summed E-state index contributed by atoms with van der Waals surface area (Å²) in [4.78, 5) is 38.1. The van der Waals surface area contributed by atoms with Gasteiger partial charge in [0, 0.05) is 24.7 Å². The minimum Gasteiger partial charge on any atom is -0.471 e. The Morgan fingerprint density at radius 2 is 1.91 bits per heavy atom. The Morgan fingerprint density at radius 3 is 2.62 bits per heavy atom. The molecule has 0 fully saturated rings. The van der Waals surface area contributed by atoms with Crippen LogP contribution in [0.25, 0.3) is 11.2 Å². The van der Waals surface area contributed by atoms with Crippen molar-refractivity contribution in [3.8, 4) is 5.88 Å². The third kappa shape index (κ3) is 4.53. The first-order chi connectivity index (χ1) is 15.5. The maximum Gasteiger partial charge on any atom is 0.276 e. The lowest BCUT2D eigenvalue weighted by Crippen LogP contribution is -2.20. The number of H-pyrrole nitrogens is 1. The average molecular weight is 432 g/mol. The molecular weight excluding hydrogens is 416 g/mol. The van der Waals surface area contributed by atoms with Gasteiger partial charge in [-0.1, -0.05) is 40.7 Å². The highest BCUT2D eigenvalue weighted by Crippen LogP contribution is 2.23. The molecule has 32 heavy (non-hydrogen) atoms. The van der Waals surface area contributed by atoms with Crippen LogP contribution in [0.2, 0.25) is 0 Å². The molecule has 0 unspecified atom stereocenters. The molecule has 0 spiro atoms. The Hall–Kier alpha value is -4.74. The smallest absolute Gasteiger partial charge is 0.276 e. The van der Waals surface area contributed by atoms with Crippen molar-refractivity contribution in [1.29, 1.82) is 0 Å². The van der Waals surface area contributed by atoms with Crippen LogP contribution in [-0.2, 0) is 6.61 Å². The van der Waals surface area contributed by atoms with Gasteiger partial charge >= 0.3 is 0 Å². The third-order valence-corrected chi connectivity index (χ3v) is 4.35. The number of non-ortho nitro benzene ring substituents is 1. The Labute approximate surface area is 180 Å². The summed E-state index contributed by atoms with van der Waals surface area (Å²) in [7, 11) is 1.40. The molecule has 0 aliphatic carbocycles. The van der Waals surface area contributed by atoms with Crippen LogP contribution in [0.4, 0.5) is 11.6 Å². The van der Waals surface area contributed by atoms with Crippen LogP contribution in [0.5, 0.6) is 5.88 Å². The summed E-state index contributed by atoms with van der Waals surface area (Å²) in [6.45, 7) is 0.279. The normalized spacial score (nSPS) is 11.0. The molecule has 12 nitrogen and oxygen atoms in total. The van der Waals surface area contributed by atoms with Crippen LogP contribution in [-0.4, -0.2) is 42.8 Å². The summed E-state index contributed by atoms with van der Waals surface area (Å²) >= 11 is 0. The van der Waals surface area contributed by atoms with Gasteiger partial charge in [0.1, 0.15) is 12.1 Å². The van der Waals surface area contributed by atoms with E-state index in [1.807, 2.05) is 30.3 Å². The fourth-order valence-corrected chi connectivity index (χ4v) is 2.73. The van der Waals surface area contributed by atoms with Crippen LogP contribution in [0.3, 0.4) is 0 Å². The van der Waals surface area contributed by atoms with Gasteiger partial charge in [-0.2, -0.15) is 9.97 Å². The van der Waals surface area contributed by atoms with Crippen LogP contribution < -0.4 is 4.74 Å². The summed E-state index contributed by atoms with van der Waals surface area (Å²) in [6, 6.07) is 14.7. The highest BCUT2D eigenvalue weighted by atomic mass is 16.6. The fraction of sp³-hybridized carbons (Fsp3) is 0.100. The van der Waals surface area contributed by atoms with Crippen LogP contribution >= 0.6 is 0 Å². The standard InChI is InChI=1S/C20H16N8O4/c1-27(19(29)14-7-9-15(10-8-14)28(30)31)26-25-20-23-17-16(21-12-22-17)18(24-20)32-11-13-5-3-2-4-6-13/h2-10,12H,11H2,1H3,(H,21,22,23,24). The highest BCUT2D eigenvalue weighted by molar-refractivity contribution is 5.94. The number of hydrogen-bond acceptors (Lipinski definition) is 9. The Bertz CT molecular complexity index is 1290. The molecule has 0 saturated heterocycles. The van der Waals surface area contributed by atoms with Gasteiger partial charge in [-0.25, -0.2) is 9.99 Å². The number of imidazole rings is 1. The van der Waals surface area contributed by atoms with Gasteiger partial charge in [-0.15, -0.1) is 0 Å². The first-order valence-corrected chi connectivity index (χ1v) is 9.33. The van der Waals surface area contributed by atoms with Crippen molar-refractivity contribution in [3.63, 3.8) is 0 Å². The first-order valence-electron chi connectivity index (χ1n) is 9.33. The zero-order valence-electron chi connectivity index (χ0n) is 16.7. The van der Waals surface area contributed by atoms with Gasteiger partial charge in [0.15, 0.2) is 5.65 Å². The van der Waals surface area contributed by atoms with E-state index >= 15 is 0 Å². The van der Waals surface area contributed by atoms with Crippen molar-refractivity contribution >= 4 is 28.7 Å². The second-order valence-corrected chi connectivity index (χ2v) is 6.53. The van der Waals surface area contributed by atoms with E-state index in [0.717, 1.165) is 10.6 Å². The molecule has 2 aromatic carbocycles. The summed E-state index contributed by atoms with van der Waals surface area (Å²) in [5.74, 6) is -0.310. The van der Waals surface area contributed by atoms with E-state index in [9.17, 15) is 14.9 Å². The Balaban J connectivity index is 1.51. The van der Waals surface area contributed by atoms with Gasteiger partial charge in [0.2, 0.25) is 5.88 Å². The number of aromatic amines is 1. The minimum absolute atomic E-state index is 0.0454. The second kappa shape index (κ2) is 8.95. The largest absolute Gasteiger partial charge is 0.471 e. The third-order valence-electron chi connectivity index (χ3n) is 4.35. The summed E-state index contributed by atoms with van der Waals surface area (Å²) in [5, 5.41) is 19.5. The lowest BCUT2D eigenvalue weighted by molar-refractivity contribution is -0.384. The topological polar surface area (TPSA) is 152 Å². The molecule has 0 saturated carbocycles. The maximum atomic E-state index is 12.5. The van der Waals surface area contributed by atoms with Gasteiger partial charge in [0.05, 0.1) is 11.3 Å². The van der Waals surface area contributed by atoms with E-state index in [1.165, 1.54) is 37.6 Å². The zero-order valence-corrected chi connectivity index (χ0v) is 16.7. The lowest BCUT2D eigenvalue weighted by Gasteiger charge is -2.09. The molecule has 0 bridgehead atoms. The number of carbonyl (C=O) groups is 1. The molecular formula is C20H16N8O4. The molecule has 2 heterocycles. The average Bonchev–Trinajstić information content (AvgIpc) is 3.30. The molecule has 1 N–H and O–H groups in total. The molecule has 0 aliphatic rings. The van der Waals surface area contributed by atoms with Gasteiger partial charge in [-0.05, 0) is 17.7 Å². The highest BCUT2D eigenvalue weighted by Gasteiger charge is 2.15. The van der Waals surface area contributed by atoms with E-state index in [1.54, 1.807) is 0 Å². The van der Waals surface area contributed by atoms with E-state index in [-0.39, 0.29) is 29.7 Å². The number of amides is 1. The SMILES string of the molecule is CN(N=Nc1nc(OCc2ccccc2)c2[nH]cnc2n1)C(=O)c1ccc([N+](=O)[O-])cc1. The molecule has 4 aromatic rings. The van der Waals surface area contributed by atoms with E-state index < -0.39 is 10.8 Å². The van der Waals surface area contributed by atoms with E-state index in [0.29, 0.717) is 11.2 Å². The van der Waals surface area contributed by atoms with Gasteiger partial charge in [-0.3, -0.25) is 14.9 Å². The lowest BCUT2D eigenvalue weighted by atomic mass is 10.2.